The van der Waals surface area contributed by atoms with E-state index in [0.717, 1.165) is 21.7 Å². The third kappa shape index (κ3) is 8.59. The van der Waals surface area contributed by atoms with Crippen molar-refractivity contribution in [2.75, 3.05) is 18.5 Å². The molecule has 9 nitrogen and oxygen atoms in total. The molecular formula is C29H32Br2Cl2N4O5S. The first-order valence-electron chi connectivity index (χ1n) is 12.8. The number of carbonyl (C=O) groups excluding carboxylic acids is 2. The van der Waals surface area contributed by atoms with Crippen LogP contribution in [0.1, 0.15) is 40.9 Å². The third-order valence-corrected chi connectivity index (χ3v) is 8.29. The SMILES string of the molecule is Br.Br.CS(=O)(=O)N(Cc1cccc(-c2ccc3c(N)c(C(=O)c4ccc(Cl)cc4Cl)oc3c2)c1)C(=O)[C@@H](N)CCCCN. The molecule has 14 heteroatoms. The smallest absolute Gasteiger partial charge is 0.253 e. The van der Waals surface area contributed by atoms with Gasteiger partial charge in [0.05, 0.1) is 29.6 Å². The van der Waals surface area contributed by atoms with E-state index in [-0.39, 0.29) is 62.5 Å². The molecule has 4 aromatic rings. The Morgan fingerprint density at radius 1 is 0.977 bits per heavy atom. The van der Waals surface area contributed by atoms with Gasteiger partial charge < -0.3 is 21.6 Å². The van der Waals surface area contributed by atoms with Gasteiger partial charge in [-0.25, -0.2) is 12.7 Å². The monoisotopic (exact) mass is 776 g/mol. The summed E-state index contributed by atoms with van der Waals surface area (Å²) in [6.07, 6.45) is 2.63. The van der Waals surface area contributed by atoms with Gasteiger partial charge in [0.25, 0.3) is 5.91 Å². The van der Waals surface area contributed by atoms with Gasteiger partial charge in [0, 0.05) is 16.0 Å². The molecule has 43 heavy (non-hydrogen) atoms. The number of benzene rings is 3. The number of sulfonamides is 1. The van der Waals surface area contributed by atoms with Crippen LogP contribution in [0.5, 0.6) is 0 Å². The number of hydrogen-bond acceptors (Lipinski definition) is 8. The highest BCUT2D eigenvalue weighted by atomic mass is 79.9. The van der Waals surface area contributed by atoms with Crippen LogP contribution in [0, 0.1) is 0 Å². The summed E-state index contributed by atoms with van der Waals surface area (Å²) in [5.74, 6) is -1.18. The van der Waals surface area contributed by atoms with Crippen molar-refractivity contribution >= 4 is 95.5 Å². The summed E-state index contributed by atoms with van der Waals surface area (Å²) in [5, 5.41) is 1.12. The predicted octanol–water partition coefficient (Wildman–Crippen LogP) is 6.12. The number of nitrogens with two attached hydrogens (primary N) is 3. The van der Waals surface area contributed by atoms with Crippen LogP contribution < -0.4 is 17.2 Å². The van der Waals surface area contributed by atoms with Gasteiger partial charge in [-0.3, -0.25) is 9.59 Å². The molecule has 232 valence electrons. The van der Waals surface area contributed by atoms with E-state index in [1.165, 1.54) is 12.1 Å². The van der Waals surface area contributed by atoms with Gasteiger partial charge in [0.15, 0.2) is 5.76 Å². The van der Waals surface area contributed by atoms with E-state index < -0.39 is 27.8 Å². The molecule has 1 atom stereocenters. The molecule has 0 spiro atoms. The lowest BCUT2D eigenvalue weighted by Gasteiger charge is -2.24. The summed E-state index contributed by atoms with van der Waals surface area (Å²) in [7, 11) is -3.88. The lowest BCUT2D eigenvalue weighted by molar-refractivity contribution is -0.128. The first kappa shape index (κ1) is 36.7. The fourth-order valence-electron chi connectivity index (χ4n) is 4.45. The molecule has 1 aromatic heterocycles. The van der Waals surface area contributed by atoms with Crippen LogP contribution in [-0.2, 0) is 21.4 Å². The lowest BCUT2D eigenvalue weighted by Crippen LogP contribution is -2.45. The average Bonchev–Trinajstić information content (AvgIpc) is 3.26. The fraction of sp³-hybridized carbons (Fsp3) is 0.241. The molecule has 0 radical (unpaired) electrons. The molecule has 0 fully saturated rings. The van der Waals surface area contributed by atoms with Gasteiger partial charge in [0.1, 0.15) is 5.58 Å². The topological polar surface area (TPSA) is 163 Å². The summed E-state index contributed by atoms with van der Waals surface area (Å²) in [5.41, 5.74) is 20.6. The second kappa shape index (κ2) is 15.5. The van der Waals surface area contributed by atoms with Crippen molar-refractivity contribution in [1.29, 1.82) is 0 Å². The average molecular weight is 779 g/mol. The zero-order valence-electron chi connectivity index (χ0n) is 23.1. The number of furan rings is 1. The highest BCUT2D eigenvalue weighted by Crippen LogP contribution is 2.35. The molecule has 0 saturated carbocycles. The van der Waals surface area contributed by atoms with Crippen LogP contribution in [0.3, 0.4) is 0 Å². The van der Waals surface area contributed by atoms with E-state index in [2.05, 4.69) is 0 Å². The van der Waals surface area contributed by atoms with Crippen LogP contribution in [0.15, 0.2) is 65.1 Å². The number of anilines is 1. The fourth-order valence-corrected chi connectivity index (χ4v) is 5.79. The number of nitrogen functional groups attached to an aromatic ring is 1. The second-order valence-corrected chi connectivity index (χ2v) is 12.5. The molecule has 6 N–H and O–H groups in total. The molecule has 3 aromatic carbocycles. The minimum atomic E-state index is -3.88. The van der Waals surface area contributed by atoms with Gasteiger partial charge in [-0.2, -0.15) is 0 Å². The van der Waals surface area contributed by atoms with Crippen molar-refractivity contribution in [2.45, 2.75) is 31.8 Å². The maximum atomic E-state index is 13.1. The van der Waals surface area contributed by atoms with Gasteiger partial charge in [0.2, 0.25) is 15.8 Å². The number of ketones is 1. The minimum absolute atomic E-state index is 0. The largest absolute Gasteiger partial charge is 0.450 e. The molecule has 1 heterocycles. The Bertz CT molecular complexity index is 1730. The van der Waals surface area contributed by atoms with Gasteiger partial charge in [-0.15, -0.1) is 34.0 Å². The van der Waals surface area contributed by atoms with E-state index in [1.807, 2.05) is 12.1 Å². The predicted molar refractivity (Wildman–Crippen MR) is 183 cm³/mol. The van der Waals surface area contributed by atoms with Crippen molar-refractivity contribution < 1.29 is 22.4 Å². The maximum absolute atomic E-state index is 13.1. The Labute approximate surface area is 281 Å². The van der Waals surface area contributed by atoms with Gasteiger partial charge >= 0.3 is 0 Å². The summed E-state index contributed by atoms with van der Waals surface area (Å²) < 4.78 is 31.7. The molecule has 4 rings (SSSR count). The van der Waals surface area contributed by atoms with E-state index in [9.17, 15) is 18.0 Å². The Balaban J connectivity index is 0.00000323. The molecule has 0 aliphatic heterocycles. The number of rotatable bonds is 11. The first-order chi connectivity index (χ1) is 19.4. The number of unbranched alkanes of at least 4 members (excludes halogenated alkanes) is 1. The maximum Gasteiger partial charge on any atom is 0.253 e. The Morgan fingerprint density at radius 3 is 2.33 bits per heavy atom. The normalized spacial score (nSPS) is 11.8. The Hall–Kier alpha value is -2.45. The number of hydrogen-bond donors (Lipinski definition) is 3. The Kier molecular flexibility index (Phi) is 13.3. The van der Waals surface area contributed by atoms with E-state index in [1.54, 1.807) is 36.4 Å². The number of amides is 1. The highest BCUT2D eigenvalue weighted by Gasteiger charge is 2.28. The highest BCUT2D eigenvalue weighted by molar-refractivity contribution is 8.93. The van der Waals surface area contributed by atoms with E-state index >= 15 is 0 Å². The summed E-state index contributed by atoms with van der Waals surface area (Å²) >= 11 is 12.2. The van der Waals surface area contributed by atoms with E-state index in [4.69, 9.17) is 44.8 Å². The number of carbonyl (C=O) groups is 2. The molecule has 0 unspecified atom stereocenters. The molecule has 1 amide bonds. The minimum Gasteiger partial charge on any atom is -0.450 e. The van der Waals surface area contributed by atoms with Gasteiger partial charge in [-0.05, 0) is 72.5 Å². The van der Waals surface area contributed by atoms with Crippen LogP contribution in [0.25, 0.3) is 22.1 Å². The number of halogens is 4. The zero-order chi connectivity index (χ0) is 29.9. The van der Waals surface area contributed by atoms with Crippen molar-refractivity contribution in [3.63, 3.8) is 0 Å². The van der Waals surface area contributed by atoms with Crippen molar-refractivity contribution in [3.05, 3.63) is 87.6 Å². The Morgan fingerprint density at radius 2 is 1.67 bits per heavy atom. The number of fused-ring (bicyclic) bond motifs is 1. The molecule has 0 aliphatic carbocycles. The molecular weight excluding hydrogens is 747 g/mol. The van der Waals surface area contributed by atoms with Gasteiger partial charge in [-0.1, -0.05) is 53.9 Å². The number of nitrogens with zero attached hydrogens (tertiary/aromatic N) is 1. The first-order valence-corrected chi connectivity index (χ1v) is 15.4. The van der Waals surface area contributed by atoms with Crippen molar-refractivity contribution in [3.8, 4) is 11.1 Å². The quantitative estimate of drug-likeness (QED) is 0.121. The molecule has 0 bridgehead atoms. The van der Waals surface area contributed by atoms with E-state index in [0.29, 0.717) is 47.4 Å². The second-order valence-electron chi connectivity index (χ2n) is 9.71. The van der Waals surface area contributed by atoms with Crippen molar-refractivity contribution in [2.24, 2.45) is 11.5 Å². The van der Waals surface area contributed by atoms with Crippen LogP contribution in [0.4, 0.5) is 5.69 Å². The zero-order valence-corrected chi connectivity index (χ0v) is 28.8. The summed E-state index contributed by atoms with van der Waals surface area (Å²) in [4.78, 5) is 26.1. The summed E-state index contributed by atoms with van der Waals surface area (Å²) in [6.45, 7) is 0.292. The summed E-state index contributed by atoms with van der Waals surface area (Å²) in [6, 6.07) is 16.0. The molecule has 0 saturated heterocycles. The lowest BCUT2D eigenvalue weighted by atomic mass is 10.0. The third-order valence-electron chi connectivity index (χ3n) is 6.63. The van der Waals surface area contributed by atoms with Crippen molar-refractivity contribution in [1.82, 2.24) is 4.31 Å². The van der Waals surface area contributed by atoms with Crippen LogP contribution in [0.2, 0.25) is 10.0 Å². The van der Waals surface area contributed by atoms with Crippen LogP contribution in [-0.4, -0.2) is 43.3 Å². The van der Waals surface area contributed by atoms with Crippen LogP contribution >= 0.6 is 57.2 Å². The molecule has 0 aliphatic rings. The standard InChI is InChI=1S/C29H30Cl2N4O5S.2BrH/c1-41(38,39)35(29(37)24(33)7-2-3-12-32)16-17-5-4-6-18(13-17)19-8-10-22-25(14-19)40-28(26(22)34)27(36)21-11-9-20(30)15-23(21)31;;/h4-6,8-11,13-15,24H,2-3,7,12,16,32-34H2,1H3;2*1H/t24-;;/m0../s1.